The summed E-state index contributed by atoms with van der Waals surface area (Å²) in [6.07, 6.45) is 1.09. The highest BCUT2D eigenvalue weighted by molar-refractivity contribution is 5.76. The normalized spacial score (nSPS) is 15.0. The van der Waals surface area contributed by atoms with E-state index in [0.717, 1.165) is 55.6 Å². The van der Waals surface area contributed by atoms with Gasteiger partial charge in [-0.3, -0.25) is 9.69 Å². The topological polar surface area (TPSA) is 102 Å². The van der Waals surface area contributed by atoms with Crippen LogP contribution in [0.3, 0.4) is 0 Å². The molecule has 0 aliphatic carbocycles. The van der Waals surface area contributed by atoms with E-state index in [1.165, 1.54) is 0 Å². The fourth-order valence-electron chi connectivity index (χ4n) is 3.76. The van der Waals surface area contributed by atoms with E-state index >= 15 is 0 Å². The first kappa shape index (κ1) is 20.4. The third-order valence-corrected chi connectivity index (χ3v) is 5.52. The van der Waals surface area contributed by atoms with Crippen LogP contribution in [-0.2, 0) is 16.0 Å². The van der Waals surface area contributed by atoms with E-state index in [2.05, 4.69) is 30.6 Å². The lowest BCUT2D eigenvalue weighted by atomic mass is 10.1. The van der Waals surface area contributed by atoms with Crippen molar-refractivity contribution in [3.63, 3.8) is 0 Å². The molecular weight excluding hydrogens is 384 g/mol. The number of amides is 1. The van der Waals surface area contributed by atoms with Crippen molar-refractivity contribution in [3.05, 3.63) is 34.9 Å². The lowest BCUT2D eigenvalue weighted by Crippen LogP contribution is -2.41. The predicted octanol–water partition coefficient (Wildman–Crippen LogP) is 0.616. The van der Waals surface area contributed by atoms with Gasteiger partial charge in [0.15, 0.2) is 17.3 Å². The lowest BCUT2D eigenvalue weighted by Gasteiger charge is -2.26. The van der Waals surface area contributed by atoms with Crippen molar-refractivity contribution >= 4 is 11.6 Å². The maximum Gasteiger partial charge on any atom is 0.220 e. The van der Waals surface area contributed by atoms with Crippen LogP contribution in [0.4, 0.5) is 0 Å². The van der Waals surface area contributed by atoms with Crippen molar-refractivity contribution in [2.24, 2.45) is 0 Å². The van der Waals surface area contributed by atoms with Gasteiger partial charge in [0.2, 0.25) is 5.91 Å². The molecule has 0 bridgehead atoms. The minimum Gasteiger partial charge on any atom is -0.379 e. The molecule has 0 spiro atoms. The first-order valence-electron chi connectivity index (χ1n) is 10.3. The quantitative estimate of drug-likeness (QED) is 0.607. The number of aryl methyl sites for hydroxylation is 2. The van der Waals surface area contributed by atoms with E-state index in [0.29, 0.717) is 30.9 Å². The third kappa shape index (κ3) is 4.34. The molecule has 3 aromatic heterocycles. The van der Waals surface area contributed by atoms with E-state index in [4.69, 9.17) is 4.74 Å². The zero-order valence-electron chi connectivity index (χ0n) is 17.8. The molecule has 4 heterocycles. The van der Waals surface area contributed by atoms with Crippen molar-refractivity contribution < 1.29 is 9.53 Å². The number of fused-ring (bicyclic) bond motifs is 1. The molecule has 0 aromatic carbocycles. The van der Waals surface area contributed by atoms with Crippen LogP contribution >= 0.6 is 0 Å². The van der Waals surface area contributed by atoms with Gasteiger partial charge in [-0.1, -0.05) is 0 Å². The predicted molar refractivity (Wildman–Crippen MR) is 111 cm³/mol. The molecule has 3 aromatic rings. The zero-order chi connectivity index (χ0) is 21.1. The standard InChI is InChI=1S/C20H28N8O2/c1-14-17(4-7-20(29)21-8-9-26-10-12-30-13-11-26)15(2)27(24-14)19-6-5-18-23-22-16(3)28(18)25-19/h5-6H,4,7-13H2,1-3H3,(H,21,29). The Morgan fingerprint density at radius 2 is 1.93 bits per heavy atom. The summed E-state index contributed by atoms with van der Waals surface area (Å²) < 4.78 is 8.87. The molecule has 30 heavy (non-hydrogen) atoms. The van der Waals surface area contributed by atoms with Gasteiger partial charge in [-0.05, 0) is 44.9 Å². The molecule has 160 valence electrons. The summed E-state index contributed by atoms with van der Waals surface area (Å²) in [5.41, 5.74) is 3.69. The van der Waals surface area contributed by atoms with Gasteiger partial charge in [-0.15, -0.1) is 15.3 Å². The van der Waals surface area contributed by atoms with Gasteiger partial charge in [-0.2, -0.15) is 9.61 Å². The Kier molecular flexibility index (Phi) is 6.05. The van der Waals surface area contributed by atoms with E-state index in [1.807, 2.05) is 37.6 Å². The number of hydrogen-bond acceptors (Lipinski definition) is 7. The summed E-state index contributed by atoms with van der Waals surface area (Å²) in [6.45, 7) is 10.8. The number of aromatic nitrogens is 6. The summed E-state index contributed by atoms with van der Waals surface area (Å²) in [4.78, 5) is 14.6. The molecule has 1 N–H and O–H groups in total. The van der Waals surface area contributed by atoms with Gasteiger partial charge in [0.1, 0.15) is 0 Å². The highest BCUT2D eigenvalue weighted by atomic mass is 16.5. The Morgan fingerprint density at radius 3 is 2.73 bits per heavy atom. The number of nitrogens with one attached hydrogen (secondary N) is 1. The number of ether oxygens (including phenoxy) is 1. The second-order valence-corrected chi connectivity index (χ2v) is 7.57. The summed E-state index contributed by atoms with van der Waals surface area (Å²) in [6, 6.07) is 3.76. The summed E-state index contributed by atoms with van der Waals surface area (Å²) >= 11 is 0. The minimum atomic E-state index is 0.0643. The number of nitrogens with zero attached hydrogens (tertiary/aromatic N) is 7. The summed E-state index contributed by atoms with van der Waals surface area (Å²) in [7, 11) is 0. The molecule has 4 rings (SSSR count). The van der Waals surface area contributed by atoms with Crippen LogP contribution in [0.2, 0.25) is 0 Å². The van der Waals surface area contributed by atoms with Crippen LogP contribution in [-0.4, -0.2) is 79.8 Å². The van der Waals surface area contributed by atoms with Gasteiger partial charge in [-0.25, -0.2) is 4.68 Å². The molecule has 0 saturated carbocycles. The van der Waals surface area contributed by atoms with Crippen LogP contribution in [0.1, 0.15) is 29.2 Å². The molecule has 10 heteroatoms. The average Bonchev–Trinajstić information content (AvgIpc) is 3.26. The molecule has 0 atom stereocenters. The Hall–Kier alpha value is -2.85. The van der Waals surface area contributed by atoms with Crippen LogP contribution in [0, 0.1) is 20.8 Å². The van der Waals surface area contributed by atoms with Crippen molar-refractivity contribution in [2.75, 3.05) is 39.4 Å². The van der Waals surface area contributed by atoms with E-state index in [-0.39, 0.29) is 5.91 Å². The molecule has 0 unspecified atom stereocenters. The van der Waals surface area contributed by atoms with Gasteiger partial charge >= 0.3 is 0 Å². The van der Waals surface area contributed by atoms with Crippen LogP contribution in [0.5, 0.6) is 0 Å². The molecule has 1 aliphatic heterocycles. The Balaban J connectivity index is 1.37. The molecule has 10 nitrogen and oxygen atoms in total. The van der Waals surface area contributed by atoms with Crippen molar-refractivity contribution in [1.29, 1.82) is 0 Å². The highest BCUT2D eigenvalue weighted by Crippen LogP contribution is 2.18. The summed E-state index contributed by atoms with van der Waals surface area (Å²) in [5, 5.41) is 20.4. The lowest BCUT2D eigenvalue weighted by molar-refractivity contribution is -0.121. The van der Waals surface area contributed by atoms with E-state index < -0.39 is 0 Å². The fraction of sp³-hybridized carbons (Fsp3) is 0.550. The summed E-state index contributed by atoms with van der Waals surface area (Å²) in [5.74, 6) is 1.49. The van der Waals surface area contributed by atoms with Gasteiger partial charge in [0.05, 0.1) is 18.9 Å². The van der Waals surface area contributed by atoms with Gasteiger partial charge < -0.3 is 10.1 Å². The Bertz CT molecular complexity index is 1040. The maximum absolute atomic E-state index is 12.3. The SMILES string of the molecule is Cc1nn(-c2ccc3nnc(C)n3n2)c(C)c1CCC(=O)NCCN1CCOCC1. The van der Waals surface area contributed by atoms with Crippen LogP contribution in [0.15, 0.2) is 12.1 Å². The number of hydrogen-bond donors (Lipinski definition) is 1. The van der Waals surface area contributed by atoms with Crippen molar-refractivity contribution in [1.82, 2.24) is 39.8 Å². The first-order valence-corrected chi connectivity index (χ1v) is 10.3. The highest BCUT2D eigenvalue weighted by Gasteiger charge is 2.16. The number of carbonyl (C=O) groups excluding carboxylic acids is 1. The molecule has 1 fully saturated rings. The number of carbonyl (C=O) groups is 1. The average molecular weight is 412 g/mol. The second kappa shape index (κ2) is 8.88. The molecular formula is C20H28N8O2. The smallest absolute Gasteiger partial charge is 0.220 e. The number of rotatable bonds is 7. The fourth-order valence-corrected chi connectivity index (χ4v) is 3.76. The van der Waals surface area contributed by atoms with Crippen LogP contribution in [0.25, 0.3) is 11.5 Å². The molecule has 1 amide bonds. The van der Waals surface area contributed by atoms with Gasteiger partial charge in [0, 0.05) is 38.3 Å². The molecule has 0 radical (unpaired) electrons. The first-order chi connectivity index (χ1) is 14.5. The Labute approximate surface area is 175 Å². The third-order valence-electron chi connectivity index (χ3n) is 5.52. The minimum absolute atomic E-state index is 0.0643. The largest absolute Gasteiger partial charge is 0.379 e. The van der Waals surface area contributed by atoms with Crippen molar-refractivity contribution in [3.8, 4) is 5.82 Å². The Morgan fingerprint density at radius 1 is 1.13 bits per heavy atom. The monoisotopic (exact) mass is 412 g/mol. The molecule has 1 saturated heterocycles. The van der Waals surface area contributed by atoms with Gasteiger partial charge in [0.25, 0.3) is 0 Å². The van der Waals surface area contributed by atoms with Crippen molar-refractivity contribution in [2.45, 2.75) is 33.6 Å². The van der Waals surface area contributed by atoms with E-state index in [9.17, 15) is 4.79 Å². The van der Waals surface area contributed by atoms with E-state index in [1.54, 1.807) is 4.52 Å². The molecule has 1 aliphatic rings. The second-order valence-electron chi connectivity index (χ2n) is 7.57. The maximum atomic E-state index is 12.3. The number of morpholine rings is 1. The zero-order valence-corrected chi connectivity index (χ0v) is 17.8. The van der Waals surface area contributed by atoms with Crippen LogP contribution < -0.4 is 5.32 Å².